The van der Waals surface area contributed by atoms with E-state index in [4.69, 9.17) is 4.74 Å². The van der Waals surface area contributed by atoms with Gasteiger partial charge in [0.15, 0.2) is 0 Å². The summed E-state index contributed by atoms with van der Waals surface area (Å²) in [5, 5.41) is 0. The molecule has 0 bridgehead atoms. The van der Waals surface area contributed by atoms with Gasteiger partial charge < -0.3 is 9.64 Å². The summed E-state index contributed by atoms with van der Waals surface area (Å²) in [6.07, 6.45) is 5.92. The third-order valence-corrected chi connectivity index (χ3v) is 6.38. The molecule has 0 spiro atoms. The second kappa shape index (κ2) is 8.03. The molecule has 0 aromatic heterocycles. The molecule has 2 unspecified atom stereocenters. The van der Waals surface area contributed by atoms with Gasteiger partial charge in [-0.1, -0.05) is 74.5 Å². The van der Waals surface area contributed by atoms with Crippen LogP contribution in [0.2, 0.25) is 0 Å². The average molecular weight is 414 g/mol. The van der Waals surface area contributed by atoms with E-state index in [1.165, 1.54) is 0 Å². The Bertz CT molecular complexity index is 1100. The lowest BCUT2D eigenvalue weighted by Crippen LogP contribution is -2.45. The molecule has 158 valence electrons. The Hall–Kier alpha value is -3.40. The first-order valence-corrected chi connectivity index (χ1v) is 10.7. The molecule has 4 nitrogen and oxygen atoms in total. The second-order valence-corrected chi connectivity index (χ2v) is 8.31. The van der Waals surface area contributed by atoms with Gasteiger partial charge in [0.2, 0.25) is 0 Å². The van der Waals surface area contributed by atoms with Crippen molar-refractivity contribution in [3.05, 3.63) is 95.7 Å². The van der Waals surface area contributed by atoms with Gasteiger partial charge in [0.05, 0.1) is 11.6 Å². The number of rotatable bonds is 4. The SMILES string of the molecule is C/C=C1/C(=O)OC(=O)C1(C1=CC(c2ccccc2)=CN(c2ccccc2)C1C)C(C)C. The van der Waals surface area contributed by atoms with Crippen LogP contribution >= 0.6 is 0 Å². The second-order valence-electron chi connectivity index (χ2n) is 8.31. The topological polar surface area (TPSA) is 46.6 Å². The Morgan fingerprint density at radius 3 is 2.19 bits per heavy atom. The van der Waals surface area contributed by atoms with Crippen molar-refractivity contribution in [1.82, 2.24) is 0 Å². The van der Waals surface area contributed by atoms with E-state index >= 15 is 0 Å². The molecule has 0 saturated carbocycles. The number of cyclic esters (lactones) is 2. The molecule has 2 heterocycles. The molecule has 1 fully saturated rings. The third kappa shape index (κ3) is 3.23. The zero-order valence-electron chi connectivity index (χ0n) is 18.3. The maximum absolute atomic E-state index is 13.3. The van der Waals surface area contributed by atoms with Crippen LogP contribution in [-0.2, 0) is 14.3 Å². The monoisotopic (exact) mass is 413 g/mol. The van der Waals surface area contributed by atoms with Gasteiger partial charge >= 0.3 is 11.9 Å². The summed E-state index contributed by atoms with van der Waals surface area (Å²) in [4.78, 5) is 28.1. The summed E-state index contributed by atoms with van der Waals surface area (Å²) in [5.74, 6) is -1.18. The summed E-state index contributed by atoms with van der Waals surface area (Å²) in [6, 6.07) is 20.0. The maximum Gasteiger partial charge on any atom is 0.342 e. The van der Waals surface area contributed by atoms with Crippen molar-refractivity contribution in [2.75, 3.05) is 4.90 Å². The lowest BCUT2D eigenvalue weighted by atomic mass is 9.64. The quantitative estimate of drug-likeness (QED) is 0.375. The number of hydrogen-bond donors (Lipinski definition) is 0. The van der Waals surface area contributed by atoms with E-state index < -0.39 is 17.4 Å². The fourth-order valence-corrected chi connectivity index (χ4v) is 4.86. The number of carbonyl (C=O) groups excluding carboxylic acids is 2. The summed E-state index contributed by atoms with van der Waals surface area (Å²) in [6.45, 7) is 7.82. The molecule has 0 amide bonds. The zero-order chi connectivity index (χ0) is 22.2. The molecule has 2 aliphatic rings. The van der Waals surface area contributed by atoms with Crippen LogP contribution in [0, 0.1) is 11.3 Å². The first kappa shape index (κ1) is 20.9. The molecule has 0 radical (unpaired) electrons. The van der Waals surface area contributed by atoms with Crippen LogP contribution in [0.4, 0.5) is 5.69 Å². The zero-order valence-corrected chi connectivity index (χ0v) is 18.3. The van der Waals surface area contributed by atoms with Crippen molar-refractivity contribution in [3.8, 4) is 0 Å². The maximum atomic E-state index is 13.3. The standard InChI is InChI=1S/C27H27NO3/c1-5-23-25(29)31-26(30)27(23,18(2)3)24-16-21(20-12-8-6-9-13-20)17-28(19(24)4)22-14-10-7-11-15-22/h5-19H,1-4H3/b23-5-. The number of allylic oxidation sites excluding steroid dienone is 3. The van der Waals surface area contributed by atoms with Crippen molar-refractivity contribution in [2.24, 2.45) is 11.3 Å². The third-order valence-electron chi connectivity index (χ3n) is 6.38. The van der Waals surface area contributed by atoms with Crippen LogP contribution in [0.25, 0.3) is 5.57 Å². The van der Waals surface area contributed by atoms with Crippen molar-refractivity contribution in [2.45, 2.75) is 33.7 Å². The summed E-state index contributed by atoms with van der Waals surface area (Å²) in [5.41, 5.74) is 3.23. The molecule has 0 aliphatic carbocycles. The minimum absolute atomic E-state index is 0.148. The van der Waals surface area contributed by atoms with Crippen LogP contribution in [0.1, 0.15) is 33.3 Å². The Morgan fingerprint density at radius 2 is 1.61 bits per heavy atom. The van der Waals surface area contributed by atoms with Gasteiger partial charge in [0.1, 0.15) is 5.41 Å². The predicted octanol–water partition coefficient (Wildman–Crippen LogP) is 5.53. The Labute approximate surface area is 183 Å². The van der Waals surface area contributed by atoms with E-state index in [2.05, 4.69) is 48.4 Å². The number of nitrogens with zero attached hydrogens (tertiary/aromatic N) is 1. The van der Waals surface area contributed by atoms with Crippen molar-refractivity contribution in [1.29, 1.82) is 0 Å². The lowest BCUT2D eigenvalue weighted by molar-refractivity contribution is -0.155. The number of esters is 2. The molecule has 2 aromatic rings. The van der Waals surface area contributed by atoms with Crippen molar-refractivity contribution in [3.63, 3.8) is 0 Å². The molecule has 2 aliphatic heterocycles. The van der Waals surface area contributed by atoms with Gasteiger partial charge in [0.25, 0.3) is 0 Å². The number of hydrogen-bond acceptors (Lipinski definition) is 4. The number of carbonyl (C=O) groups is 2. The summed E-state index contributed by atoms with van der Waals surface area (Å²) < 4.78 is 5.20. The van der Waals surface area contributed by atoms with Gasteiger partial charge in [0, 0.05) is 11.9 Å². The molecule has 1 saturated heterocycles. The molecular weight excluding hydrogens is 386 g/mol. The first-order chi connectivity index (χ1) is 14.9. The molecule has 4 rings (SSSR count). The number of ether oxygens (including phenoxy) is 1. The van der Waals surface area contributed by atoms with Crippen LogP contribution in [0.5, 0.6) is 0 Å². The average Bonchev–Trinajstić information content (AvgIpc) is 3.05. The fourth-order valence-electron chi connectivity index (χ4n) is 4.86. The van der Waals surface area contributed by atoms with Gasteiger partial charge in [-0.15, -0.1) is 0 Å². The van der Waals surface area contributed by atoms with E-state index in [9.17, 15) is 9.59 Å². The lowest BCUT2D eigenvalue weighted by Gasteiger charge is -2.42. The predicted molar refractivity (Wildman–Crippen MR) is 123 cm³/mol. The Morgan fingerprint density at radius 1 is 1.00 bits per heavy atom. The molecular formula is C27H27NO3. The van der Waals surface area contributed by atoms with Gasteiger partial charge in [-0.3, -0.25) is 4.79 Å². The van der Waals surface area contributed by atoms with E-state index in [-0.39, 0.29) is 12.0 Å². The number of anilines is 1. The first-order valence-electron chi connectivity index (χ1n) is 10.7. The minimum Gasteiger partial charge on any atom is -0.389 e. The molecule has 4 heteroatoms. The van der Waals surface area contributed by atoms with Gasteiger partial charge in [-0.2, -0.15) is 0 Å². The normalized spacial score (nSPS) is 25.0. The Kier molecular flexibility index (Phi) is 5.40. The van der Waals surface area contributed by atoms with E-state index in [1.54, 1.807) is 13.0 Å². The highest BCUT2D eigenvalue weighted by molar-refractivity contribution is 6.12. The smallest absolute Gasteiger partial charge is 0.342 e. The van der Waals surface area contributed by atoms with Crippen LogP contribution in [0.3, 0.4) is 0 Å². The highest BCUT2D eigenvalue weighted by Crippen LogP contribution is 2.52. The molecule has 2 aromatic carbocycles. The van der Waals surface area contributed by atoms with Crippen LogP contribution < -0.4 is 4.90 Å². The van der Waals surface area contributed by atoms with Crippen molar-refractivity contribution < 1.29 is 14.3 Å². The fraction of sp³-hybridized carbons (Fsp3) is 0.259. The summed E-state index contributed by atoms with van der Waals surface area (Å²) >= 11 is 0. The molecule has 31 heavy (non-hydrogen) atoms. The van der Waals surface area contributed by atoms with Crippen LogP contribution in [-0.4, -0.2) is 18.0 Å². The number of para-hydroxylation sites is 1. The molecule has 2 atom stereocenters. The van der Waals surface area contributed by atoms with Crippen molar-refractivity contribution >= 4 is 23.2 Å². The Balaban J connectivity index is 1.97. The largest absolute Gasteiger partial charge is 0.389 e. The van der Waals surface area contributed by atoms with E-state index in [0.29, 0.717) is 5.57 Å². The van der Waals surface area contributed by atoms with Crippen LogP contribution in [0.15, 0.2) is 90.2 Å². The van der Waals surface area contributed by atoms with Gasteiger partial charge in [-0.25, -0.2) is 4.79 Å². The van der Waals surface area contributed by atoms with Gasteiger partial charge in [-0.05, 0) is 48.6 Å². The van der Waals surface area contributed by atoms with E-state index in [0.717, 1.165) is 22.4 Å². The number of benzene rings is 2. The highest BCUT2D eigenvalue weighted by Gasteiger charge is 2.59. The highest BCUT2D eigenvalue weighted by atomic mass is 16.6. The van der Waals surface area contributed by atoms with E-state index in [1.807, 2.05) is 50.2 Å². The molecule has 0 N–H and O–H groups in total. The minimum atomic E-state index is -1.12. The summed E-state index contributed by atoms with van der Waals surface area (Å²) in [7, 11) is 0.